The normalized spacial score (nSPS) is 19.2. The zero-order chi connectivity index (χ0) is 14.9. The predicted molar refractivity (Wildman–Crippen MR) is 78.6 cm³/mol. The smallest absolute Gasteiger partial charge is 0.328 e. The molecule has 1 aliphatic rings. The van der Waals surface area contributed by atoms with Crippen molar-refractivity contribution >= 4 is 0 Å². The van der Waals surface area contributed by atoms with Crippen molar-refractivity contribution in [2.24, 2.45) is 25.7 Å². The molecule has 1 aromatic rings. The highest BCUT2D eigenvalue weighted by atomic mass is 16.2. The molecule has 2 rings (SSSR count). The van der Waals surface area contributed by atoms with E-state index in [0.717, 1.165) is 36.2 Å². The number of aromatic nitrogens is 2. The Balaban J connectivity index is 2.09. The van der Waals surface area contributed by atoms with E-state index < -0.39 is 0 Å². The van der Waals surface area contributed by atoms with Crippen LogP contribution in [0.25, 0.3) is 0 Å². The van der Waals surface area contributed by atoms with Gasteiger partial charge in [-0.3, -0.25) is 18.8 Å². The first-order valence-corrected chi connectivity index (χ1v) is 7.14. The van der Waals surface area contributed by atoms with E-state index in [2.05, 4.69) is 11.8 Å². The Bertz CT molecular complexity index is 580. The lowest BCUT2D eigenvalue weighted by Gasteiger charge is -2.33. The maximum atomic E-state index is 11.9. The quantitative estimate of drug-likeness (QED) is 0.821. The zero-order valence-corrected chi connectivity index (χ0v) is 12.5. The fourth-order valence-corrected chi connectivity index (χ4v) is 2.80. The van der Waals surface area contributed by atoms with Gasteiger partial charge in [-0.1, -0.05) is 0 Å². The molecule has 0 saturated carbocycles. The summed E-state index contributed by atoms with van der Waals surface area (Å²) >= 11 is 0. The molecule has 6 heteroatoms. The summed E-state index contributed by atoms with van der Waals surface area (Å²) in [5.41, 5.74) is 6.21. The predicted octanol–water partition coefficient (Wildman–Crippen LogP) is -0.357. The number of piperidine rings is 1. The van der Waals surface area contributed by atoms with Gasteiger partial charge in [0.05, 0.1) is 0 Å². The monoisotopic (exact) mass is 280 g/mol. The van der Waals surface area contributed by atoms with Crippen molar-refractivity contribution in [1.29, 1.82) is 0 Å². The van der Waals surface area contributed by atoms with Crippen molar-refractivity contribution in [3.8, 4) is 0 Å². The average molecular weight is 280 g/mol. The van der Waals surface area contributed by atoms with E-state index in [1.54, 1.807) is 17.7 Å². The minimum Gasteiger partial charge on any atom is -0.328 e. The summed E-state index contributed by atoms with van der Waals surface area (Å²) < 4.78 is 2.69. The Labute approximate surface area is 118 Å². The number of hydrogen-bond donors (Lipinski definition) is 1. The molecule has 112 valence electrons. The molecule has 0 radical (unpaired) electrons. The molecule has 0 bridgehead atoms. The summed E-state index contributed by atoms with van der Waals surface area (Å²) in [6.45, 7) is 4.64. The summed E-state index contributed by atoms with van der Waals surface area (Å²) in [6.07, 6.45) is 2.16. The maximum Gasteiger partial charge on any atom is 0.330 e. The number of nitrogens with zero attached hydrogens (tertiary/aromatic N) is 3. The zero-order valence-electron chi connectivity index (χ0n) is 12.5. The molecule has 2 N–H and O–H groups in total. The van der Waals surface area contributed by atoms with E-state index >= 15 is 0 Å². The molecular weight excluding hydrogens is 256 g/mol. The van der Waals surface area contributed by atoms with Crippen LogP contribution in [0.2, 0.25) is 0 Å². The van der Waals surface area contributed by atoms with E-state index in [-0.39, 0.29) is 17.3 Å². The molecule has 0 spiro atoms. The van der Waals surface area contributed by atoms with Gasteiger partial charge >= 0.3 is 5.69 Å². The molecule has 1 fully saturated rings. The lowest BCUT2D eigenvalue weighted by molar-refractivity contribution is 0.162. The topological polar surface area (TPSA) is 73.3 Å². The Morgan fingerprint density at radius 2 is 1.85 bits per heavy atom. The van der Waals surface area contributed by atoms with E-state index in [0.29, 0.717) is 12.5 Å². The van der Waals surface area contributed by atoms with Crippen molar-refractivity contribution in [3.63, 3.8) is 0 Å². The molecule has 1 atom stereocenters. The van der Waals surface area contributed by atoms with Crippen LogP contribution >= 0.6 is 0 Å². The van der Waals surface area contributed by atoms with Gasteiger partial charge in [0, 0.05) is 38.4 Å². The second-order valence-corrected chi connectivity index (χ2v) is 5.85. The minimum atomic E-state index is -0.266. The molecule has 0 aromatic carbocycles. The van der Waals surface area contributed by atoms with Crippen LogP contribution in [0.1, 0.15) is 25.5 Å². The summed E-state index contributed by atoms with van der Waals surface area (Å²) in [5, 5.41) is 0. The first-order valence-electron chi connectivity index (χ1n) is 7.14. The third-order valence-corrected chi connectivity index (χ3v) is 4.39. The van der Waals surface area contributed by atoms with Crippen LogP contribution < -0.4 is 17.0 Å². The number of hydrogen-bond acceptors (Lipinski definition) is 4. The molecule has 0 amide bonds. The summed E-state index contributed by atoms with van der Waals surface area (Å²) in [7, 11) is 3.22. The van der Waals surface area contributed by atoms with Crippen LogP contribution in [-0.2, 0) is 20.6 Å². The van der Waals surface area contributed by atoms with Crippen molar-refractivity contribution in [2.45, 2.75) is 32.4 Å². The lowest BCUT2D eigenvalue weighted by atomic mass is 9.91. The largest absolute Gasteiger partial charge is 0.330 e. The number of likely N-dealkylation sites (tertiary alicyclic amines) is 1. The summed E-state index contributed by atoms with van der Waals surface area (Å²) in [5.74, 6) is 0.582. The van der Waals surface area contributed by atoms with Crippen molar-refractivity contribution in [1.82, 2.24) is 14.0 Å². The fourth-order valence-electron chi connectivity index (χ4n) is 2.80. The van der Waals surface area contributed by atoms with Gasteiger partial charge in [-0.25, -0.2) is 4.79 Å². The van der Waals surface area contributed by atoms with Crippen molar-refractivity contribution in [3.05, 3.63) is 32.6 Å². The van der Waals surface area contributed by atoms with Gasteiger partial charge in [0.1, 0.15) is 0 Å². The molecular formula is C14H24N4O2. The summed E-state index contributed by atoms with van der Waals surface area (Å²) in [6, 6.07) is 1.80. The molecule has 0 aliphatic carbocycles. The SMILES string of the molecule is CC(N)C1CCN(Cc2cc(=O)n(C)c(=O)n2C)CC1. The van der Waals surface area contributed by atoms with Crippen LogP contribution in [0, 0.1) is 5.92 Å². The van der Waals surface area contributed by atoms with Crippen LogP contribution in [0.15, 0.2) is 15.7 Å². The van der Waals surface area contributed by atoms with E-state index in [1.165, 1.54) is 7.05 Å². The first kappa shape index (κ1) is 15.0. The first-order chi connectivity index (χ1) is 9.40. The van der Waals surface area contributed by atoms with Gasteiger partial charge < -0.3 is 5.73 Å². The van der Waals surface area contributed by atoms with Crippen LogP contribution in [0.5, 0.6) is 0 Å². The third kappa shape index (κ3) is 3.02. The van der Waals surface area contributed by atoms with Gasteiger partial charge in [0.2, 0.25) is 0 Å². The van der Waals surface area contributed by atoms with E-state index in [4.69, 9.17) is 5.73 Å². The van der Waals surface area contributed by atoms with Crippen LogP contribution in [-0.4, -0.2) is 33.2 Å². The average Bonchev–Trinajstić information content (AvgIpc) is 2.43. The van der Waals surface area contributed by atoms with Gasteiger partial charge in [-0.05, 0) is 38.8 Å². The Hall–Kier alpha value is -1.40. The minimum absolute atomic E-state index is 0.241. The summed E-state index contributed by atoms with van der Waals surface area (Å²) in [4.78, 5) is 25.9. The maximum absolute atomic E-state index is 11.9. The second kappa shape index (κ2) is 5.93. The van der Waals surface area contributed by atoms with Gasteiger partial charge in [0.25, 0.3) is 5.56 Å². The van der Waals surface area contributed by atoms with Crippen LogP contribution in [0.3, 0.4) is 0 Å². The molecule has 6 nitrogen and oxygen atoms in total. The van der Waals surface area contributed by atoms with Crippen LogP contribution in [0.4, 0.5) is 0 Å². The third-order valence-electron chi connectivity index (χ3n) is 4.39. The molecule has 1 unspecified atom stereocenters. The molecule has 1 saturated heterocycles. The fraction of sp³-hybridized carbons (Fsp3) is 0.714. The van der Waals surface area contributed by atoms with E-state index in [1.807, 2.05) is 0 Å². The molecule has 1 aliphatic heterocycles. The standard InChI is InChI=1S/C14H24N4O2/c1-10(15)11-4-6-18(7-5-11)9-12-8-13(19)17(3)14(20)16(12)2/h8,10-11H,4-7,9,15H2,1-3H3. The molecule has 1 aromatic heterocycles. The Kier molecular flexibility index (Phi) is 4.45. The van der Waals surface area contributed by atoms with Gasteiger partial charge in [-0.2, -0.15) is 0 Å². The highest BCUT2D eigenvalue weighted by Crippen LogP contribution is 2.20. The highest BCUT2D eigenvalue weighted by Gasteiger charge is 2.22. The van der Waals surface area contributed by atoms with Gasteiger partial charge in [0.15, 0.2) is 0 Å². The number of rotatable bonds is 3. The number of nitrogens with two attached hydrogens (primary N) is 1. The Morgan fingerprint density at radius 3 is 2.40 bits per heavy atom. The molecule has 2 heterocycles. The van der Waals surface area contributed by atoms with Crippen molar-refractivity contribution in [2.75, 3.05) is 13.1 Å². The van der Waals surface area contributed by atoms with Gasteiger partial charge in [-0.15, -0.1) is 0 Å². The lowest BCUT2D eigenvalue weighted by Crippen LogP contribution is -2.42. The van der Waals surface area contributed by atoms with E-state index in [9.17, 15) is 9.59 Å². The highest BCUT2D eigenvalue weighted by molar-refractivity contribution is 5.02. The second-order valence-electron chi connectivity index (χ2n) is 5.85. The Morgan fingerprint density at radius 1 is 1.25 bits per heavy atom. The van der Waals surface area contributed by atoms with Crippen molar-refractivity contribution < 1.29 is 0 Å². The molecule has 20 heavy (non-hydrogen) atoms.